The van der Waals surface area contributed by atoms with Crippen molar-refractivity contribution in [3.05, 3.63) is 93.8 Å². The Morgan fingerprint density at radius 3 is 2.61 bits per heavy atom. The summed E-state index contributed by atoms with van der Waals surface area (Å²) < 4.78 is 59.8. The van der Waals surface area contributed by atoms with Crippen LogP contribution in [0.4, 0.5) is 17.6 Å². The van der Waals surface area contributed by atoms with E-state index in [9.17, 15) is 22.4 Å². The van der Waals surface area contributed by atoms with Crippen molar-refractivity contribution in [2.24, 2.45) is 5.41 Å². The number of carbonyl (C=O) groups is 1. The average Bonchev–Trinajstić information content (AvgIpc) is 2.84. The highest BCUT2D eigenvalue weighted by Gasteiger charge is 2.35. The molecule has 0 saturated carbocycles. The van der Waals surface area contributed by atoms with E-state index in [0.29, 0.717) is 29.3 Å². The lowest BCUT2D eigenvalue weighted by molar-refractivity contribution is -0.137. The van der Waals surface area contributed by atoms with Gasteiger partial charge in [0.25, 0.3) is 11.8 Å². The molecule has 5 rings (SSSR count). The largest absolute Gasteiger partial charge is 0.437 e. The molecule has 1 amide bonds. The molecule has 0 aliphatic heterocycles. The summed E-state index contributed by atoms with van der Waals surface area (Å²) in [6.45, 7) is 4.08. The van der Waals surface area contributed by atoms with Crippen molar-refractivity contribution in [3.8, 4) is 11.6 Å². The number of ether oxygens (including phenoxy) is 1. The van der Waals surface area contributed by atoms with Gasteiger partial charge >= 0.3 is 6.18 Å². The number of rotatable bonds is 4. The molecule has 0 spiro atoms. The van der Waals surface area contributed by atoms with Crippen molar-refractivity contribution in [2.45, 2.75) is 38.9 Å². The van der Waals surface area contributed by atoms with E-state index in [4.69, 9.17) is 16.3 Å². The van der Waals surface area contributed by atoms with E-state index >= 15 is 0 Å². The second-order valence-electron chi connectivity index (χ2n) is 10.1. The number of carbonyl (C=O) groups excluding carboxylic acids is 1. The van der Waals surface area contributed by atoms with Crippen molar-refractivity contribution >= 4 is 28.4 Å². The molecule has 1 heterocycles. The monoisotopic (exact) mass is 543 g/mol. The van der Waals surface area contributed by atoms with Crippen molar-refractivity contribution in [1.82, 2.24) is 15.5 Å². The molecule has 0 fully saturated rings. The van der Waals surface area contributed by atoms with Crippen LogP contribution in [0.1, 0.15) is 53.4 Å². The maximum Gasteiger partial charge on any atom is 0.416 e. The first-order chi connectivity index (χ1) is 17.9. The molecule has 3 aromatic carbocycles. The Bertz CT molecular complexity index is 1560. The number of fused-ring (bicyclic) bond motifs is 2. The smallest absolute Gasteiger partial charge is 0.416 e. The minimum Gasteiger partial charge on any atom is -0.437 e. The predicted molar refractivity (Wildman–Crippen MR) is 135 cm³/mol. The molecule has 1 atom stereocenters. The fourth-order valence-corrected chi connectivity index (χ4v) is 5.05. The lowest BCUT2D eigenvalue weighted by atomic mass is 9.72. The zero-order chi connectivity index (χ0) is 27.2. The van der Waals surface area contributed by atoms with Gasteiger partial charge < -0.3 is 10.1 Å². The molecule has 38 heavy (non-hydrogen) atoms. The summed E-state index contributed by atoms with van der Waals surface area (Å²) in [4.78, 5) is 13.8. The highest BCUT2D eigenvalue weighted by molar-refractivity contribution is 6.30. The number of amides is 1. The van der Waals surface area contributed by atoms with Gasteiger partial charge in [0.15, 0.2) is 0 Å². The topological polar surface area (TPSA) is 64.1 Å². The Labute approximate surface area is 220 Å². The summed E-state index contributed by atoms with van der Waals surface area (Å²) in [5, 5.41) is 11.5. The standard InChI is InChI=1S/C28H22ClF4N3O2/c1-27(2)13-15-10-20(29)21(30)12-19(15)23(14-27)34-25(37)24-18-8-3-4-9-22(18)35-36-26(24)38-17-7-5-6-16(11-17)28(31,32)33/h3-12,23H,13-14H2,1-2H3,(H,34,37)/t23-/m0/s1. The number of halogens is 5. The van der Waals surface area contributed by atoms with Crippen LogP contribution in [-0.4, -0.2) is 16.1 Å². The summed E-state index contributed by atoms with van der Waals surface area (Å²) in [6, 6.07) is 13.4. The normalized spacial score (nSPS) is 16.7. The van der Waals surface area contributed by atoms with Gasteiger partial charge in [0.05, 0.1) is 22.1 Å². The average molecular weight is 544 g/mol. The summed E-state index contributed by atoms with van der Waals surface area (Å²) >= 11 is 6.03. The molecule has 0 radical (unpaired) electrons. The maximum absolute atomic E-state index is 14.4. The number of benzene rings is 3. The zero-order valence-electron chi connectivity index (χ0n) is 20.4. The van der Waals surface area contributed by atoms with Crippen molar-refractivity contribution < 1.29 is 27.1 Å². The molecule has 0 bridgehead atoms. The Kier molecular flexibility index (Phi) is 6.51. The molecule has 0 unspecified atom stereocenters. The number of nitrogens with zero attached hydrogens (tertiary/aromatic N) is 2. The Morgan fingerprint density at radius 1 is 1.08 bits per heavy atom. The highest BCUT2D eigenvalue weighted by atomic mass is 35.5. The van der Waals surface area contributed by atoms with Crippen LogP contribution < -0.4 is 10.1 Å². The van der Waals surface area contributed by atoms with Crippen LogP contribution in [0.5, 0.6) is 11.6 Å². The molecule has 1 aromatic heterocycles. The zero-order valence-corrected chi connectivity index (χ0v) is 21.1. The Balaban J connectivity index is 1.56. The van der Waals surface area contributed by atoms with E-state index in [1.54, 1.807) is 30.3 Å². The van der Waals surface area contributed by atoms with Gasteiger partial charge in [-0.15, -0.1) is 10.2 Å². The van der Waals surface area contributed by atoms with Gasteiger partial charge in [0.1, 0.15) is 17.1 Å². The second-order valence-corrected chi connectivity index (χ2v) is 10.5. The van der Waals surface area contributed by atoms with E-state index in [0.717, 1.165) is 17.7 Å². The number of alkyl halides is 3. The van der Waals surface area contributed by atoms with Crippen LogP contribution in [0, 0.1) is 11.2 Å². The van der Waals surface area contributed by atoms with Gasteiger partial charge in [0, 0.05) is 5.39 Å². The first-order valence-corrected chi connectivity index (χ1v) is 12.2. The SMILES string of the molecule is CC1(C)Cc2cc(Cl)c(F)cc2[C@@H](NC(=O)c2c(Oc3cccc(C(F)(F)F)c3)nnc3ccccc23)C1. The second kappa shape index (κ2) is 9.54. The molecule has 4 aromatic rings. The molecular weight excluding hydrogens is 522 g/mol. The predicted octanol–water partition coefficient (Wildman–Crippen LogP) is 7.68. The van der Waals surface area contributed by atoms with Crippen LogP contribution in [0.2, 0.25) is 5.02 Å². The molecule has 10 heteroatoms. The molecule has 196 valence electrons. The number of hydrogen-bond donors (Lipinski definition) is 1. The van der Waals surface area contributed by atoms with Gasteiger partial charge in [-0.05, 0) is 65.8 Å². The fourth-order valence-electron chi connectivity index (χ4n) is 4.87. The van der Waals surface area contributed by atoms with Gasteiger partial charge in [0.2, 0.25) is 0 Å². The Morgan fingerprint density at radius 2 is 1.84 bits per heavy atom. The van der Waals surface area contributed by atoms with E-state index in [-0.39, 0.29) is 27.6 Å². The quantitative estimate of drug-likeness (QED) is 0.268. The van der Waals surface area contributed by atoms with Gasteiger partial charge in [-0.25, -0.2) is 4.39 Å². The third-order valence-corrected chi connectivity index (χ3v) is 6.82. The number of aromatic nitrogens is 2. The van der Waals surface area contributed by atoms with E-state index in [1.807, 2.05) is 13.8 Å². The minimum atomic E-state index is -4.58. The number of hydrogen-bond acceptors (Lipinski definition) is 4. The van der Waals surface area contributed by atoms with Gasteiger partial charge in [-0.2, -0.15) is 13.2 Å². The van der Waals surface area contributed by atoms with E-state index in [2.05, 4.69) is 15.5 Å². The van der Waals surface area contributed by atoms with Crippen molar-refractivity contribution in [1.29, 1.82) is 0 Å². The van der Waals surface area contributed by atoms with Crippen LogP contribution in [0.25, 0.3) is 10.9 Å². The summed E-state index contributed by atoms with van der Waals surface area (Å²) in [5.74, 6) is -1.58. The minimum absolute atomic E-state index is 0.00683. The van der Waals surface area contributed by atoms with Gasteiger partial charge in [-0.1, -0.05) is 49.7 Å². The van der Waals surface area contributed by atoms with Crippen LogP contribution in [0.3, 0.4) is 0 Å². The first kappa shape index (κ1) is 25.9. The Hall–Kier alpha value is -3.72. The molecule has 0 saturated heterocycles. The molecule has 1 aliphatic rings. The lowest BCUT2D eigenvalue weighted by Crippen LogP contribution is -2.37. The van der Waals surface area contributed by atoms with Crippen LogP contribution in [0.15, 0.2) is 60.7 Å². The van der Waals surface area contributed by atoms with E-state index < -0.39 is 29.5 Å². The third kappa shape index (κ3) is 5.15. The third-order valence-electron chi connectivity index (χ3n) is 6.53. The van der Waals surface area contributed by atoms with Crippen molar-refractivity contribution in [2.75, 3.05) is 0 Å². The van der Waals surface area contributed by atoms with Crippen molar-refractivity contribution in [3.63, 3.8) is 0 Å². The first-order valence-electron chi connectivity index (χ1n) is 11.8. The lowest BCUT2D eigenvalue weighted by Gasteiger charge is -2.37. The fraction of sp³-hybridized carbons (Fsp3) is 0.250. The maximum atomic E-state index is 14.4. The number of nitrogens with one attached hydrogen (secondary N) is 1. The summed E-state index contributed by atoms with van der Waals surface area (Å²) in [7, 11) is 0. The molecular formula is C28H22ClF4N3O2. The van der Waals surface area contributed by atoms with Crippen LogP contribution >= 0.6 is 11.6 Å². The van der Waals surface area contributed by atoms with E-state index in [1.165, 1.54) is 18.2 Å². The van der Waals surface area contributed by atoms with Crippen LogP contribution in [-0.2, 0) is 12.6 Å². The van der Waals surface area contributed by atoms with Gasteiger partial charge in [-0.3, -0.25) is 4.79 Å². The summed E-state index contributed by atoms with van der Waals surface area (Å²) in [5.41, 5.74) is 0.726. The molecule has 1 N–H and O–H groups in total. The highest BCUT2D eigenvalue weighted by Crippen LogP contribution is 2.43. The summed E-state index contributed by atoms with van der Waals surface area (Å²) in [6.07, 6.45) is -3.40. The molecule has 1 aliphatic carbocycles. The molecule has 5 nitrogen and oxygen atoms in total.